The van der Waals surface area contributed by atoms with E-state index in [1.54, 1.807) is 39.8 Å². The molecule has 1 heterocycles. The normalized spacial score (nSPS) is 17.4. The average Bonchev–Trinajstić information content (AvgIpc) is 3.54. The maximum absolute atomic E-state index is 13.9. The quantitative estimate of drug-likeness (QED) is 0.117. The van der Waals surface area contributed by atoms with Gasteiger partial charge >= 0.3 is 12.1 Å². The molecule has 1 aromatic carbocycles. The fourth-order valence-electron chi connectivity index (χ4n) is 5.79. The summed E-state index contributed by atoms with van der Waals surface area (Å²) in [7, 11) is 0. The van der Waals surface area contributed by atoms with Crippen molar-refractivity contribution in [2.75, 3.05) is 13.1 Å². The van der Waals surface area contributed by atoms with Crippen LogP contribution in [0.3, 0.4) is 0 Å². The number of carbonyl (C=O) groups excluding carboxylic acids is 5. The number of likely N-dealkylation sites (tertiary alicyclic amines) is 1. The van der Waals surface area contributed by atoms with Gasteiger partial charge in [0, 0.05) is 13.0 Å². The minimum Gasteiger partial charge on any atom is -0.508 e. The van der Waals surface area contributed by atoms with E-state index in [9.17, 15) is 39.0 Å². The van der Waals surface area contributed by atoms with E-state index in [-0.39, 0.29) is 44.0 Å². The lowest BCUT2D eigenvalue weighted by atomic mass is 9.96. The molecule has 1 aliphatic rings. The Balaban J connectivity index is 2.35. The predicted molar refractivity (Wildman–Crippen MR) is 190 cm³/mol. The molecule has 0 saturated carbocycles. The number of phenols is 1. The molecular formula is C36H58N6O9. The SMILES string of the molecule is CC[C@H](C)[C@H](NC(=O)[C@H](Cc1ccc(O)cc1)NC(=O)[C@@H]1CCCN1C(=O)[C@H](CCCN)NC(=O)OC(C)(C)C)C(=O)N[C@@H](CC(C)C)C(=O)O. The molecule has 286 valence electrons. The van der Waals surface area contributed by atoms with Crippen LogP contribution >= 0.6 is 0 Å². The molecule has 0 spiro atoms. The van der Waals surface area contributed by atoms with Gasteiger partial charge in [0.2, 0.25) is 23.6 Å². The van der Waals surface area contributed by atoms with Gasteiger partial charge in [0.15, 0.2) is 0 Å². The molecule has 0 aliphatic carbocycles. The Kier molecular flexibility index (Phi) is 16.6. The number of hydrogen-bond acceptors (Lipinski definition) is 9. The van der Waals surface area contributed by atoms with Crippen molar-refractivity contribution in [3.8, 4) is 5.75 Å². The van der Waals surface area contributed by atoms with Gasteiger partial charge in [-0.15, -0.1) is 0 Å². The van der Waals surface area contributed by atoms with Gasteiger partial charge in [-0.25, -0.2) is 9.59 Å². The Labute approximate surface area is 300 Å². The number of carbonyl (C=O) groups is 6. The zero-order valence-electron chi connectivity index (χ0n) is 31.0. The third-order valence-electron chi connectivity index (χ3n) is 8.65. The molecule has 0 radical (unpaired) electrons. The molecule has 15 nitrogen and oxygen atoms in total. The molecule has 5 amide bonds. The van der Waals surface area contributed by atoms with Crippen LogP contribution in [0.5, 0.6) is 5.75 Å². The molecule has 0 aromatic heterocycles. The lowest BCUT2D eigenvalue weighted by molar-refractivity contribution is -0.143. The first kappa shape index (κ1) is 42.8. The van der Waals surface area contributed by atoms with Gasteiger partial charge < -0.3 is 46.9 Å². The van der Waals surface area contributed by atoms with Gasteiger partial charge in [-0.2, -0.15) is 0 Å². The maximum atomic E-state index is 13.9. The minimum atomic E-state index is -1.21. The summed E-state index contributed by atoms with van der Waals surface area (Å²) >= 11 is 0. The van der Waals surface area contributed by atoms with Crippen molar-refractivity contribution in [3.05, 3.63) is 29.8 Å². The third kappa shape index (κ3) is 14.0. The van der Waals surface area contributed by atoms with Crippen LogP contribution in [0.4, 0.5) is 4.79 Å². The summed E-state index contributed by atoms with van der Waals surface area (Å²) in [5.74, 6) is -4.00. The van der Waals surface area contributed by atoms with Crippen LogP contribution in [0.2, 0.25) is 0 Å². The minimum absolute atomic E-state index is 0.0102. The van der Waals surface area contributed by atoms with Crippen LogP contribution in [0.25, 0.3) is 0 Å². The van der Waals surface area contributed by atoms with E-state index in [4.69, 9.17) is 10.5 Å². The predicted octanol–water partition coefficient (Wildman–Crippen LogP) is 2.19. The lowest BCUT2D eigenvalue weighted by Crippen LogP contribution is -2.60. The van der Waals surface area contributed by atoms with Gasteiger partial charge in [0.05, 0.1) is 0 Å². The number of nitrogens with zero attached hydrogens (tertiary/aromatic N) is 1. The monoisotopic (exact) mass is 718 g/mol. The highest BCUT2D eigenvalue weighted by Crippen LogP contribution is 2.21. The largest absolute Gasteiger partial charge is 0.508 e. The van der Waals surface area contributed by atoms with Crippen molar-refractivity contribution >= 4 is 35.7 Å². The Morgan fingerprint density at radius 2 is 1.59 bits per heavy atom. The molecule has 0 unspecified atom stereocenters. The van der Waals surface area contributed by atoms with Gasteiger partial charge in [0.1, 0.15) is 41.6 Å². The average molecular weight is 719 g/mol. The zero-order chi connectivity index (χ0) is 38.5. The summed E-state index contributed by atoms with van der Waals surface area (Å²) in [6, 6.07) is 0.664. The number of carboxylic acids is 1. The Hall–Kier alpha value is -4.40. The van der Waals surface area contributed by atoms with E-state index in [0.29, 0.717) is 31.2 Å². The molecule has 1 fully saturated rings. The highest BCUT2D eigenvalue weighted by molar-refractivity contribution is 5.96. The molecule has 0 bridgehead atoms. The van der Waals surface area contributed by atoms with Crippen LogP contribution < -0.4 is 27.0 Å². The number of alkyl carbamates (subject to hydrolysis) is 1. The standard InChI is InChI=1S/C36H58N6O9/c1-8-22(4)29(32(46)39-27(34(48)49)19-21(2)3)41-30(44)26(20-23-13-15-24(43)16-14-23)38-31(45)28-12-10-18-42(28)33(47)25(11-9-17-37)40-35(50)51-36(5,6)7/h13-16,21-22,25-29,43H,8-12,17-20,37H2,1-7H3,(H,38,45)(H,39,46)(H,40,50)(H,41,44)(H,48,49)/t22-,25-,26-,27-,28-,29-/m0/s1. The van der Waals surface area contributed by atoms with Crippen LogP contribution in [0.1, 0.15) is 92.6 Å². The first-order valence-corrected chi connectivity index (χ1v) is 17.8. The number of phenolic OH excluding ortho intramolecular Hbond substituents is 1. The lowest BCUT2D eigenvalue weighted by Gasteiger charge is -2.31. The number of amides is 5. The molecule has 1 aromatic rings. The number of rotatable bonds is 18. The van der Waals surface area contributed by atoms with E-state index in [2.05, 4.69) is 21.3 Å². The summed E-state index contributed by atoms with van der Waals surface area (Å²) in [6.07, 6.45) is 1.36. The van der Waals surface area contributed by atoms with Gasteiger partial charge in [-0.3, -0.25) is 19.2 Å². The van der Waals surface area contributed by atoms with Crippen LogP contribution in [-0.2, 0) is 35.1 Å². The van der Waals surface area contributed by atoms with Crippen LogP contribution in [0.15, 0.2) is 24.3 Å². The highest BCUT2D eigenvalue weighted by atomic mass is 16.6. The number of benzene rings is 1. The first-order chi connectivity index (χ1) is 23.9. The maximum Gasteiger partial charge on any atom is 0.408 e. The summed E-state index contributed by atoms with van der Waals surface area (Å²) in [6.45, 7) is 12.9. The summed E-state index contributed by atoms with van der Waals surface area (Å²) in [5.41, 5.74) is 5.50. The van der Waals surface area contributed by atoms with Crippen LogP contribution in [0, 0.1) is 11.8 Å². The smallest absolute Gasteiger partial charge is 0.408 e. The second-order valence-electron chi connectivity index (χ2n) is 14.7. The molecule has 8 N–H and O–H groups in total. The van der Waals surface area contributed by atoms with Gasteiger partial charge in [-0.05, 0) is 89.0 Å². The number of carboxylic acid groups (broad SMARTS) is 1. The highest BCUT2D eigenvalue weighted by Gasteiger charge is 2.40. The molecule has 1 aliphatic heterocycles. The van der Waals surface area contributed by atoms with Crippen molar-refractivity contribution in [3.63, 3.8) is 0 Å². The van der Waals surface area contributed by atoms with Crippen molar-refractivity contribution in [1.82, 2.24) is 26.2 Å². The fourth-order valence-corrected chi connectivity index (χ4v) is 5.79. The zero-order valence-corrected chi connectivity index (χ0v) is 31.0. The van der Waals surface area contributed by atoms with Crippen molar-refractivity contribution < 1.29 is 43.7 Å². The molecule has 1 saturated heterocycles. The number of ether oxygens (including phenoxy) is 1. The number of hydrogen-bond donors (Lipinski definition) is 7. The van der Waals surface area contributed by atoms with Gasteiger partial charge in [-0.1, -0.05) is 46.2 Å². The van der Waals surface area contributed by atoms with Crippen LogP contribution in [-0.4, -0.2) is 99.7 Å². The summed E-state index contributed by atoms with van der Waals surface area (Å²) in [5, 5.41) is 30.2. The molecule has 6 atom stereocenters. The molecule has 51 heavy (non-hydrogen) atoms. The van der Waals surface area contributed by atoms with E-state index in [1.807, 2.05) is 20.8 Å². The summed E-state index contributed by atoms with van der Waals surface area (Å²) in [4.78, 5) is 80.9. The van der Waals surface area contributed by atoms with E-state index >= 15 is 0 Å². The second kappa shape index (κ2) is 19.8. The second-order valence-corrected chi connectivity index (χ2v) is 14.7. The van der Waals surface area contributed by atoms with Crippen molar-refractivity contribution in [2.24, 2.45) is 17.6 Å². The molecule has 15 heteroatoms. The number of aliphatic carboxylic acids is 1. The van der Waals surface area contributed by atoms with E-state index in [1.165, 1.54) is 17.0 Å². The number of nitrogens with one attached hydrogen (secondary N) is 4. The topological polar surface area (TPSA) is 229 Å². The van der Waals surface area contributed by atoms with Crippen molar-refractivity contribution in [1.29, 1.82) is 0 Å². The Morgan fingerprint density at radius 1 is 0.941 bits per heavy atom. The third-order valence-corrected chi connectivity index (χ3v) is 8.65. The number of nitrogens with two attached hydrogens (primary N) is 1. The fraction of sp³-hybridized carbons (Fsp3) is 0.667. The van der Waals surface area contributed by atoms with Crippen molar-refractivity contribution in [2.45, 2.75) is 129 Å². The number of aromatic hydroxyl groups is 1. The molecule has 2 rings (SSSR count). The van der Waals surface area contributed by atoms with E-state index < -0.39 is 77.4 Å². The first-order valence-electron chi connectivity index (χ1n) is 17.8. The summed E-state index contributed by atoms with van der Waals surface area (Å²) < 4.78 is 5.35. The molecular weight excluding hydrogens is 660 g/mol. The van der Waals surface area contributed by atoms with Gasteiger partial charge in [0.25, 0.3) is 0 Å². The Bertz CT molecular complexity index is 1350. The van der Waals surface area contributed by atoms with E-state index in [0.717, 1.165) is 0 Å². The Morgan fingerprint density at radius 3 is 2.14 bits per heavy atom.